The number of ether oxygens (including phenoxy) is 2. The summed E-state index contributed by atoms with van der Waals surface area (Å²) < 4.78 is 11.3. The second-order valence-electron chi connectivity index (χ2n) is 4.13. The van der Waals surface area contributed by atoms with E-state index in [1.165, 1.54) is 0 Å². The molecule has 0 aliphatic carbocycles. The van der Waals surface area contributed by atoms with Gasteiger partial charge in [0.15, 0.2) is 0 Å². The van der Waals surface area contributed by atoms with Gasteiger partial charge in [0.1, 0.15) is 18.1 Å². The first-order valence-electron chi connectivity index (χ1n) is 6.27. The van der Waals surface area contributed by atoms with E-state index in [-0.39, 0.29) is 0 Å². The van der Waals surface area contributed by atoms with Crippen molar-refractivity contribution in [1.29, 1.82) is 0 Å². The van der Waals surface area contributed by atoms with Crippen LogP contribution in [0.15, 0.2) is 36.5 Å². The van der Waals surface area contributed by atoms with Gasteiger partial charge in [-0.05, 0) is 38.1 Å². The van der Waals surface area contributed by atoms with Crippen LogP contribution in [0.2, 0.25) is 0 Å². The van der Waals surface area contributed by atoms with Crippen molar-refractivity contribution in [3.05, 3.63) is 47.8 Å². The van der Waals surface area contributed by atoms with Gasteiger partial charge in [0, 0.05) is 11.9 Å². The van der Waals surface area contributed by atoms with Crippen molar-refractivity contribution in [1.82, 2.24) is 4.98 Å². The van der Waals surface area contributed by atoms with Gasteiger partial charge < -0.3 is 15.2 Å². The number of aryl methyl sites for hydroxylation is 1. The highest BCUT2D eigenvalue weighted by atomic mass is 16.5. The molecule has 1 aromatic heterocycles. The van der Waals surface area contributed by atoms with Gasteiger partial charge in [0.05, 0.1) is 17.9 Å². The van der Waals surface area contributed by atoms with Crippen LogP contribution in [0.3, 0.4) is 0 Å². The van der Waals surface area contributed by atoms with Crippen LogP contribution < -0.4 is 15.2 Å². The molecule has 1 aromatic carbocycles. The van der Waals surface area contributed by atoms with Gasteiger partial charge >= 0.3 is 0 Å². The Morgan fingerprint density at radius 3 is 2.63 bits per heavy atom. The van der Waals surface area contributed by atoms with Gasteiger partial charge in [-0.3, -0.25) is 4.98 Å². The number of nitrogens with zero attached hydrogens (tertiary/aromatic N) is 1. The Labute approximate surface area is 113 Å². The van der Waals surface area contributed by atoms with E-state index < -0.39 is 0 Å². The van der Waals surface area contributed by atoms with Crippen LogP contribution in [0.4, 0.5) is 5.69 Å². The molecule has 0 saturated heterocycles. The number of hydrogen-bond donors (Lipinski definition) is 1. The third kappa shape index (κ3) is 3.16. The first-order chi connectivity index (χ1) is 9.22. The lowest BCUT2D eigenvalue weighted by molar-refractivity contribution is 0.284. The monoisotopic (exact) mass is 258 g/mol. The molecule has 0 aliphatic heterocycles. The molecule has 0 spiro atoms. The highest BCUT2D eigenvalue weighted by Crippen LogP contribution is 2.26. The molecule has 2 rings (SSSR count). The average molecular weight is 258 g/mol. The molecule has 2 N–H and O–H groups in total. The maximum absolute atomic E-state index is 5.98. The minimum Gasteiger partial charge on any atom is -0.493 e. The maximum Gasteiger partial charge on any atom is 0.141 e. The van der Waals surface area contributed by atoms with Gasteiger partial charge in [0.25, 0.3) is 0 Å². The van der Waals surface area contributed by atoms with Crippen LogP contribution in [0, 0.1) is 6.92 Å². The molecule has 0 bridgehead atoms. The molecule has 0 fully saturated rings. The zero-order valence-corrected chi connectivity index (χ0v) is 11.2. The summed E-state index contributed by atoms with van der Waals surface area (Å²) in [6.07, 6.45) is 1.74. The van der Waals surface area contributed by atoms with Crippen LogP contribution in [0.25, 0.3) is 0 Å². The molecule has 1 heterocycles. The quantitative estimate of drug-likeness (QED) is 0.838. The Kier molecular flexibility index (Phi) is 4.23. The smallest absolute Gasteiger partial charge is 0.141 e. The summed E-state index contributed by atoms with van der Waals surface area (Å²) in [6, 6.07) is 9.35. The summed E-state index contributed by atoms with van der Waals surface area (Å²) in [5.74, 6) is 1.53. The van der Waals surface area contributed by atoms with Gasteiger partial charge in [-0.1, -0.05) is 6.07 Å². The third-order valence-electron chi connectivity index (χ3n) is 2.80. The summed E-state index contributed by atoms with van der Waals surface area (Å²) in [7, 11) is 0. The average Bonchev–Trinajstić information content (AvgIpc) is 2.40. The predicted octanol–water partition coefficient (Wildman–Crippen LogP) is 2.95. The molecule has 19 heavy (non-hydrogen) atoms. The molecule has 0 unspecified atom stereocenters. The lowest BCUT2D eigenvalue weighted by Crippen LogP contribution is -2.05. The first kappa shape index (κ1) is 13.2. The summed E-state index contributed by atoms with van der Waals surface area (Å²) in [5.41, 5.74) is 8.38. The van der Waals surface area contributed by atoms with Gasteiger partial charge in [-0.15, -0.1) is 0 Å². The largest absolute Gasteiger partial charge is 0.493 e. The molecule has 0 amide bonds. The van der Waals surface area contributed by atoms with Gasteiger partial charge in [0.2, 0.25) is 0 Å². The first-order valence-corrected chi connectivity index (χ1v) is 6.27. The minimum absolute atomic E-state index is 0.370. The number of benzene rings is 1. The highest BCUT2D eigenvalue weighted by Gasteiger charge is 2.09. The zero-order valence-electron chi connectivity index (χ0n) is 11.2. The summed E-state index contributed by atoms with van der Waals surface area (Å²) in [4.78, 5) is 4.19. The number of nitrogens with two attached hydrogens (primary N) is 1. The third-order valence-corrected chi connectivity index (χ3v) is 2.80. The Balaban J connectivity index is 2.17. The molecule has 2 aromatic rings. The molecule has 0 aliphatic rings. The Hall–Kier alpha value is -2.23. The Morgan fingerprint density at radius 2 is 1.89 bits per heavy atom. The SMILES string of the molecule is CCOc1cccc(N)c1COc1cccnc1C. The van der Waals surface area contributed by atoms with Crippen LogP contribution in [0.1, 0.15) is 18.2 Å². The fourth-order valence-corrected chi connectivity index (χ4v) is 1.80. The standard InChI is InChI=1S/C15H18N2O2/c1-3-18-15-7-4-6-13(16)12(15)10-19-14-8-5-9-17-11(14)2/h4-9H,3,10,16H2,1-2H3. The topological polar surface area (TPSA) is 57.4 Å². The number of pyridine rings is 1. The molecule has 0 atom stereocenters. The van der Waals surface area contributed by atoms with Crippen molar-refractivity contribution in [2.45, 2.75) is 20.5 Å². The van der Waals surface area contributed by atoms with Gasteiger partial charge in [-0.2, -0.15) is 0 Å². The number of anilines is 1. The summed E-state index contributed by atoms with van der Waals surface area (Å²) in [6.45, 7) is 4.82. The zero-order chi connectivity index (χ0) is 13.7. The van der Waals surface area contributed by atoms with E-state index in [0.29, 0.717) is 18.9 Å². The van der Waals surface area contributed by atoms with E-state index in [4.69, 9.17) is 15.2 Å². The highest BCUT2D eigenvalue weighted by molar-refractivity contribution is 5.54. The lowest BCUT2D eigenvalue weighted by Gasteiger charge is -2.14. The molecule has 4 heteroatoms. The normalized spacial score (nSPS) is 10.2. The second kappa shape index (κ2) is 6.09. The van der Waals surface area contributed by atoms with Crippen LogP contribution >= 0.6 is 0 Å². The van der Waals surface area contributed by atoms with Crippen LogP contribution in [-0.4, -0.2) is 11.6 Å². The lowest BCUT2D eigenvalue weighted by atomic mass is 10.1. The van der Waals surface area contributed by atoms with E-state index in [1.807, 2.05) is 44.2 Å². The maximum atomic E-state index is 5.98. The van der Waals surface area contributed by atoms with Crippen molar-refractivity contribution >= 4 is 5.69 Å². The number of nitrogen functional groups attached to an aromatic ring is 1. The fourth-order valence-electron chi connectivity index (χ4n) is 1.80. The van der Waals surface area contributed by atoms with Crippen LogP contribution in [-0.2, 0) is 6.61 Å². The van der Waals surface area contributed by atoms with E-state index in [9.17, 15) is 0 Å². The van der Waals surface area contributed by atoms with E-state index in [1.54, 1.807) is 6.20 Å². The summed E-state index contributed by atoms with van der Waals surface area (Å²) in [5, 5.41) is 0. The number of rotatable bonds is 5. The number of aromatic nitrogens is 1. The molecule has 4 nitrogen and oxygen atoms in total. The molecule has 0 saturated carbocycles. The van der Waals surface area contributed by atoms with Crippen molar-refractivity contribution in [2.24, 2.45) is 0 Å². The molecular formula is C15H18N2O2. The van der Waals surface area contributed by atoms with Crippen molar-refractivity contribution in [2.75, 3.05) is 12.3 Å². The van der Waals surface area contributed by atoms with Crippen LogP contribution in [0.5, 0.6) is 11.5 Å². The second-order valence-corrected chi connectivity index (χ2v) is 4.13. The van der Waals surface area contributed by atoms with E-state index in [0.717, 1.165) is 22.8 Å². The van der Waals surface area contributed by atoms with Crippen molar-refractivity contribution < 1.29 is 9.47 Å². The van der Waals surface area contributed by atoms with Crippen molar-refractivity contribution in [3.63, 3.8) is 0 Å². The fraction of sp³-hybridized carbons (Fsp3) is 0.267. The molecule has 100 valence electrons. The predicted molar refractivity (Wildman–Crippen MR) is 75.3 cm³/mol. The molecule has 0 radical (unpaired) electrons. The Morgan fingerprint density at radius 1 is 1.11 bits per heavy atom. The summed E-state index contributed by atoms with van der Waals surface area (Å²) >= 11 is 0. The van der Waals surface area contributed by atoms with Crippen molar-refractivity contribution in [3.8, 4) is 11.5 Å². The van der Waals surface area contributed by atoms with Gasteiger partial charge in [-0.25, -0.2) is 0 Å². The molecular weight excluding hydrogens is 240 g/mol. The Bertz CT molecular complexity index is 556. The minimum atomic E-state index is 0.370. The number of hydrogen-bond acceptors (Lipinski definition) is 4. The van der Waals surface area contributed by atoms with E-state index >= 15 is 0 Å². The van der Waals surface area contributed by atoms with E-state index in [2.05, 4.69) is 4.98 Å².